The predicted molar refractivity (Wildman–Crippen MR) is 101 cm³/mol. The van der Waals surface area contributed by atoms with Gasteiger partial charge in [0.15, 0.2) is 23.2 Å². The molecule has 0 saturated carbocycles. The van der Waals surface area contributed by atoms with Crippen LogP contribution in [0.4, 0.5) is 5.95 Å². The van der Waals surface area contributed by atoms with E-state index in [4.69, 9.17) is 14.2 Å². The minimum Gasteiger partial charge on any atom is -0.391 e. The highest BCUT2D eigenvalue weighted by Crippen LogP contribution is 2.44. The molecule has 0 amide bonds. The van der Waals surface area contributed by atoms with E-state index < -0.39 is 36.4 Å². The lowest BCUT2D eigenvalue weighted by atomic mass is 10.1. The maximum atomic E-state index is 12.4. The second-order valence-electron chi connectivity index (χ2n) is 8.31. The standard InChI is InChI=1S/C18H27N5O5/c1-8(2)6-19-17-21-14-10(15(25)22-17)20-7-23(14)16-13-12(11(26-16)9(3)24)27-18(4,5)28-13/h7-9,11-13,16,24H,6H2,1-5H3,(H2,19,21,22,25)/t9-,11+,12-,13?,16+/m0/s1. The van der Waals surface area contributed by atoms with E-state index in [1.54, 1.807) is 11.5 Å². The average molecular weight is 393 g/mol. The molecular formula is C18H27N5O5. The van der Waals surface area contributed by atoms with Crippen LogP contribution in [0.15, 0.2) is 11.1 Å². The van der Waals surface area contributed by atoms with Gasteiger partial charge in [0.1, 0.15) is 18.3 Å². The molecule has 0 aromatic carbocycles. The topological polar surface area (TPSA) is 124 Å². The first kappa shape index (κ1) is 19.3. The lowest BCUT2D eigenvalue weighted by Gasteiger charge is -2.25. The summed E-state index contributed by atoms with van der Waals surface area (Å²) in [4.78, 5) is 23.9. The van der Waals surface area contributed by atoms with Crippen LogP contribution in [0.25, 0.3) is 11.2 Å². The van der Waals surface area contributed by atoms with E-state index in [9.17, 15) is 9.90 Å². The van der Waals surface area contributed by atoms with Gasteiger partial charge >= 0.3 is 0 Å². The van der Waals surface area contributed by atoms with Gasteiger partial charge in [-0.1, -0.05) is 13.8 Å². The second-order valence-corrected chi connectivity index (χ2v) is 8.31. The Hall–Kier alpha value is -2.01. The zero-order chi connectivity index (χ0) is 20.2. The van der Waals surface area contributed by atoms with Crippen molar-refractivity contribution in [1.29, 1.82) is 0 Å². The summed E-state index contributed by atoms with van der Waals surface area (Å²) in [5.41, 5.74) is 0.271. The van der Waals surface area contributed by atoms with Gasteiger partial charge in [-0.05, 0) is 26.7 Å². The maximum Gasteiger partial charge on any atom is 0.280 e. The Morgan fingerprint density at radius 1 is 1.32 bits per heavy atom. The first-order valence-electron chi connectivity index (χ1n) is 9.56. The van der Waals surface area contributed by atoms with Gasteiger partial charge in [-0.15, -0.1) is 0 Å². The molecule has 0 spiro atoms. The Balaban J connectivity index is 1.73. The molecule has 1 unspecified atom stereocenters. The van der Waals surface area contributed by atoms with Gasteiger partial charge in [0.25, 0.3) is 5.56 Å². The quantitative estimate of drug-likeness (QED) is 0.687. The van der Waals surface area contributed by atoms with Gasteiger partial charge in [0, 0.05) is 6.54 Å². The number of ether oxygens (including phenoxy) is 3. The number of hydrogen-bond acceptors (Lipinski definition) is 8. The monoisotopic (exact) mass is 393 g/mol. The first-order valence-corrected chi connectivity index (χ1v) is 9.56. The van der Waals surface area contributed by atoms with E-state index in [0.717, 1.165) is 0 Å². The minimum atomic E-state index is -0.796. The zero-order valence-electron chi connectivity index (χ0n) is 16.7. The van der Waals surface area contributed by atoms with Crippen molar-refractivity contribution in [1.82, 2.24) is 19.5 Å². The number of imidazole rings is 1. The SMILES string of the molecule is CC(C)CNc1nc2c(ncn2[C@@H]2O[C@H]([C@H](C)O)[C@@H]3OC(C)(C)OC32)c(=O)[nH]1. The van der Waals surface area contributed by atoms with Crippen LogP contribution in [0.5, 0.6) is 0 Å². The van der Waals surface area contributed by atoms with Gasteiger partial charge in [0.2, 0.25) is 5.95 Å². The molecule has 10 heteroatoms. The minimum absolute atomic E-state index is 0.217. The maximum absolute atomic E-state index is 12.4. The van der Waals surface area contributed by atoms with Crippen molar-refractivity contribution >= 4 is 17.1 Å². The van der Waals surface area contributed by atoms with Crippen LogP contribution in [0.1, 0.15) is 40.8 Å². The molecule has 2 aliphatic heterocycles. The molecule has 0 bridgehead atoms. The number of aromatic nitrogens is 4. The molecule has 2 aliphatic rings. The van der Waals surface area contributed by atoms with Crippen LogP contribution in [-0.4, -0.2) is 61.4 Å². The molecule has 3 N–H and O–H groups in total. The average Bonchev–Trinajstić information content (AvgIpc) is 3.23. The molecular weight excluding hydrogens is 366 g/mol. The van der Waals surface area contributed by atoms with Crippen molar-refractivity contribution in [3.8, 4) is 0 Å². The van der Waals surface area contributed by atoms with Crippen molar-refractivity contribution in [2.24, 2.45) is 5.92 Å². The van der Waals surface area contributed by atoms with Crippen molar-refractivity contribution in [3.63, 3.8) is 0 Å². The highest BCUT2D eigenvalue weighted by molar-refractivity contribution is 5.71. The van der Waals surface area contributed by atoms with E-state index in [0.29, 0.717) is 24.1 Å². The molecule has 4 heterocycles. The van der Waals surface area contributed by atoms with Crippen LogP contribution in [0, 0.1) is 5.92 Å². The Bertz CT molecular complexity index is 921. The molecule has 0 radical (unpaired) electrons. The van der Waals surface area contributed by atoms with Gasteiger partial charge in [-0.25, -0.2) is 4.98 Å². The molecule has 28 heavy (non-hydrogen) atoms. The van der Waals surface area contributed by atoms with E-state index >= 15 is 0 Å². The molecule has 154 valence electrons. The Kier molecular flexibility index (Phi) is 4.69. The van der Waals surface area contributed by atoms with Gasteiger partial charge in [-0.3, -0.25) is 14.3 Å². The number of nitrogens with one attached hydrogen (secondary N) is 2. The number of anilines is 1. The van der Waals surface area contributed by atoms with Crippen LogP contribution in [0.2, 0.25) is 0 Å². The third kappa shape index (κ3) is 3.30. The number of hydrogen-bond donors (Lipinski definition) is 3. The summed E-state index contributed by atoms with van der Waals surface area (Å²) in [5, 5.41) is 13.3. The van der Waals surface area contributed by atoms with Crippen molar-refractivity contribution in [3.05, 3.63) is 16.7 Å². The lowest BCUT2D eigenvalue weighted by molar-refractivity contribution is -0.205. The van der Waals surface area contributed by atoms with Gasteiger partial charge in [0.05, 0.1) is 12.4 Å². The molecule has 0 aliphatic carbocycles. The third-order valence-corrected chi connectivity index (χ3v) is 4.92. The molecule has 2 aromatic heterocycles. The summed E-state index contributed by atoms with van der Waals surface area (Å²) in [6.07, 6.45) is -1.30. The van der Waals surface area contributed by atoms with E-state index in [-0.39, 0.29) is 11.1 Å². The summed E-state index contributed by atoms with van der Waals surface area (Å²) >= 11 is 0. The molecule has 2 saturated heterocycles. The molecule has 2 fully saturated rings. The number of aromatic amines is 1. The third-order valence-electron chi connectivity index (χ3n) is 4.92. The Morgan fingerprint density at radius 3 is 2.71 bits per heavy atom. The van der Waals surface area contributed by atoms with Gasteiger partial charge in [-0.2, -0.15) is 4.98 Å². The van der Waals surface area contributed by atoms with Crippen LogP contribution >= 0.6 is 0 Å². The van der Waals surface area contributed by atoms with Crippen LogP contribution in [-0.2, 0) is 14.2 Å². The van der Waals surface area contributed by atoms with Crippen LogP contribution < -0.4 is 10.9 Å². The Labute approximate surface area is 162 Å². The molecule has 5 atom stereocenters. The number of rotatable bonds is 5. The smallest absolute Gasteiger partial charge is 0.280 e. The molecule has 4 rings (SSSR count). The van der Waals surface area contributed by atoms with Crippen LogP contribution in [0.3, 0.4) is 0 Å². The highest BCUT2D eigenvalue weighted by Gasteiger charge is 2.57. The number of aliphatic hydroxyl groups is 1. The highest BCUT2D eigenvalue weighted by atomic mass is 16.8. The summed E-state index contributed by atoms with van der Waals surface area (Å²) < 4.78 is 19.7. The summed E-state index contributed by atoms with van der Waals surface area (Å²) in [5.74, 6) is -0.0307. The summed E-state index contributed by atoms with van der Waals surface area (Å²) in [7, 11) is 0. The van der Waals surface area contributed by atoms with Crippen molar-refractivity contribution in [2.45, 2.75) is 71.0 Å². The summed E-state index contributed by atoms with van der Waals surface area (Å²) in [6, 6.07) is 0. The number of nitrogens with zero attached hydrogens (tertiary/aromatic N) is 3. The van der Waals surface area contributed by atoms with Crippen molar-refractivity contribution in [2.75, 3.05) is 11.9 Å². The normalized spacial score (nSPS) is 30.1. The van der Waals surface area contributed by atoms with Crippen molar-refractivity contribution < 1.29 is 19.3 Å². The summed E-state index contributed by atoms with van der Waals surface area (Å²) in [6.45, 7) is 10.1. The Morgan fingerprint density at radius 2 is 2.04 bits per heavy atom. The van der Waals surface area contributed by atoms with E-state index in [1.807, 2.05) is 13.8 Å². The fourth-order valence-corrected chi connectivity index (χ4v) is 3.72. The fourth-order valence-electron chi connectivity index (χ4n) is 3.72. The van der Waals surface area contributed by atoms with Gasteiger partial charge < -0.3 is 24.6 Å². The molecule has 10 nitrogen and oxygen atoms in total. The number of H-pyrrole nitrogens is 1. The van der Waals surface area contributed by atoms with E-state index in [2.05, 4.69) is 34.1 Å². The molecule has 2 aromatic rings. The predicted octanol–water partition coefficient (Wildman–Crippen LogP) is 0.986. The largest absolute Gasteiger partial charge is 0.391 e. The number of aliphatic hydroxyl groups excluding tert-OH is 1. The fraction of sp³-hybridized carbons (Fsp3) is 0.722. The lowest BCUT2D eigenvalue weighted by Crippen LogP contribution is -2.36. The zero-order valence-corrected chi connectivity index (χ0v) is 16.7. The number of fused-ring (bicyclic) bond motifs is 2. The first-order chi connectivity index (χ1) is 13.2. The van der Waals surface area contributed by atoms with E-state index in [1.165, 1.54) is 6.33 Å². The second kappa shape index (κ2) is 6.80.